The third-order valence-corrected chi connectivity index (χ3v) is 5.24. The Bertz CT molecular complexity index is 1500. The summed E-state index contributed by atoms with van der Waals surface area (Å²) in [6, 6.07) is 5.49. The van der Waals surface area contributed by atoms with Crippen molar-refractivity contribution in [1.29, 1.82) is 0 Å². The lowest BCUT2D eigenvalue weighted by Gasteiger charge is -2.29. The predicted molar refractivity (Wildman–Crippen MR) is 129 cm³/mol. The minimum absolute atomic E-state index is 0.310. The molecule has 222 valence electrons. The molecule has 1 aliphatic heterocycles. The van der Waals surface area contributed by atoms with E-state index in [1.54, 1.807) is 16.8 Å². The zero-order valence-electron chi connectivity index (χ0n) is 20.8. The summed E-state index contributed by atoms with van der Waals surface area (Å²) in [5.74, 6) is -5.37. The van der Waals surface area contributed by atoms with E-state index in [9.17, 15) is 30.7 Å². The molecular weight excluding hydrogens is 573 g/mol. The highest BCUT2D eigenvalue weighted by Crippen LogP contribution is 2.22. The molecule has 5 rings (SSSR count). The quantitative estimate of drug-likeness (QED) is 0.261. The van der Waals surface area contributed by atoms with E-state index in [0.29, 0.717) is 17.3 Å². The van der Waals surface area contributed by atoms with Crippen molar-refractivity contribution in [3.63, 3.8) is 0 Å². The zero-order chi connectivity index (χ0) is 30.5. The van der Waals surface area contributed by atoms with Crippen LogP contribution in [0.3, 0.4) is 0 Å². The molecular formula is C22H21F7N8O4. The molecule has 0 bridgehead atoms. The number of carboxylic acid groups (broad SMARTS) is 2. The Hall–Kier alpha value is -4.68. The third-order valence-electron chi connectivity index (χ3n) is 5.24. The first-order valence-corrected chi connectivity index (χ1v) is 11.4. The summed E-state index contributed by atoms with van der Waals surface area (Å²) in [6.45, 7) is 5.73. The molecule has 1 saturated heterocycles. The van der Waals surface area contributed by atoms with Gasteiger partial charge in [0.15, 0.2) is 17.1 Å². The maximum atomic E-state index is 14.3. The van der Waals surface area contributed by atoms with Gasteiger partial charge in [0, 0.05) is 62.6 Å². The summed E-state index contributed by atoms with van der Waals surface area (Å²) in [7, 11) is 0. The number of imidazole rings is 1. The van der Waals surface area contributed by atoms with Crippen LogP contribution in [0.15, 0.2) is 36.8 Å². The Balaban J connectivity index is 0.000000276. The Labute approximate surface area is 225 Å². The standard InChI is InChI=1S/C18H19FN8.2C2HF3O2/c1-12-10-26-11-13(8-15(19)17(26)21-12)22-18-24-23-16-9-14(2-5-27(16)18)25-6-3-20-4-7-25;2*3-2(4,5)1(6)7/h2,5,8-11,20H,3-4,6-7H2,1H3,(H,22,24);2*(H,6,7). The van der Waals surface area contributed by atoms with Crippen molar-refractivity contribution in [2.75, 3.05) is 36.4 Å². The average molecular weight is 594 g/mol. The first kappa shape index (κ1) is 30.9. The van der Waals surface area contributed by atoms with Gasteiger partial charge in [0.05, 0.1) is 11.4 Å². The van der Waals surface area contributed by atoms with Gasteiger partial charge in [-0.3, -0.25) is 4.40 Å². The van der Waals surface area contributed by atoms with E-state index >= 15 is 0 Å². The van der Waals surface area contributed by atoms with Crippen LogP contribution in [0.1, 0.15) is 5.69 Å². The number of nitrogens with one attached hydrogen (secondary N) is 2. The molecule has 0 unspecified atom stereocenters. The maximum Gasteiger partial charge on any atom is 0.490 e. The van der Waals surface area contributed by atoms with Gasteiger partial charge in [0.25, 0.3) is 0 Å². The molecule has 4 aromatic rings. The first-order chi connectivity index (χ1) is 19.1. The van der Waals surface area contributed by atoms with Gasteiger partial charge in [0.1, 0.15) is 0 Å². The number of aryl methyl sites for hydroxylation is 1. The van der Waals surface area contributed by atoms with Crippen molar-refractivity contribution >= 4 is 40.6 Å². The fourth-order valence-electron chi connectivity index (χ4n) is 3.46. The highest BCUT2D eigenvalue weighted by Gasteiger charge is 2.38. The number of carboxylic acids is 2. The summed E-state index contributed by atoms with van der Waals surface area (Å²) < 4.78 is 81.3. The number of rotatable bonds is 3. The van der Waals surface area contributed by atoms with Gasteiger partial charge < -0.3 is 30.1 Å². The molecule has 5 heterocycles. The molecule has 12 nitrogen and oxygen atoms in total. The van der Waals surface area contributed by atoms with Crippen LogP contribution in [0, 0.1) is 12.7 Å². The number of hydrogen-bond acceptors (Lipinski definition) is 8. The number of aliphatic carboxylic acids is 2. The second kappa shape index (κ2) is 12.2. The molecule has 0 aromatic carbocycles. The van der Waals surface area contributed by atoms with Gasteiger partial charge in [-0.25, -0.2) is 19.0 Å². The van der Waals surface area contributed by atoms with E-state index < -0.39 is 24.3 Å². The van der Waals surface area contributed by atoms with Crippen molar-refractivity contribution in [2.45, 2.75) is 19.3 Å². The fourth-order valence-corrected chi connectivity index (χ4v) is 3.46. The van der Waals surface area contributed by atoms with Crippen molar-refractivity contribution in [1.82, 2.24) is 29.3 Å². The number of aromatic nitrogens is 5. The second-order valence-electron chi connectivity index (χ2n) is 8.29. The van der Waals surface area contributed by atoms with Gasteiger partial charge in [-0.15, -0.1) is 10.2 Å². The molecule has 4 N–H and O–H groups in total. The van der Waals surface area contributed by atoms with Crippen LogP contribution in [-0.4, -0.2) is 84.7 Å². The molecule has 19 heteroatoms. The van der Waals surface area contributed by atoms with Crippen LogP contribution in [-0.2, 0) is 9.59 Å². The first-order valence-electron chi connectivity index (χ1n) is 11.4. The fraction of sp³-hybridized carbons (Fsp3) is 0.318. The molecule has 0 amide bonds. The Morgan fingerprint density at radius 2 is 1.56 bits per heavy atom. The predicted octanol–water partition coefficient (Wildman–Crippen LogP) is 3.24. The molecule has 0 atom stereocenters. The van der Waals surface area contributed by atoms with Gasteiger partial charge in [-0.2, -0.15) is 26.3 Å². The monoisotopic (exact) mass is 594 g/mol. The lowest BCUT2D eigenvalue weighted by molar-refractivity contribution is -0.193. The largest absolute Gasteiger partial charge is 0.490 e. The van der Waals surface area contributed by atoms with Crippen molar-refractivity contribution in [2.24, 2.45) is 0 Å². The second-order valence-corrected chi connectivity index (χ2v) is 8.29. The zero-order valence-corrected chi connectivity index (χ0v) is 20.8. The number of nitrogens with zero attached hydrogens (tertiary/aromatic N) is 6. The number of halogens is 7. The topological polar surface area (TPSA) is 149 Å². The minimum Gasteiger partial charge on any atom is -0.475 e. The van der Waals surface area contributed by atoms with E-state index in [4.69, 9.17) is 19.8 Å². The molecule has 4 aromatic heterocycles. The van der Waals surface area contributed by atoms with Gasteiger partial charge in [-0.05, 0) is 13.0 Å². The van der Waals surface area contributed by atoms with Crippen LogP contribution >= 0.6 is 0 Å². The molecule has 1 aliphatic rings. The van der Waals surface area contributed by atoms with Crippen molar-refractivity contribution < 1.29 is 50.5 Å². The summed E-state index contributed by atoms with van der Waals surface area (Å²) in [4.78, 5) is 24.3. The number of anilines is 3. The molecule has 0 radical (unpaired) electrons. The highest BCUT2D eigenvalue weighted by atomic mass is 19.4. The highest BCUT2D eigenvalue weighted by molar-refractivity contribution is 5.73. The summed E-state index contributed by atoms with van der Waals surface area (Å²) in [5, 5.41) is 29.2. The summed E-state index contributed by atoms with van der Waals surface area (Å²) >= 11 is 0. The van der Waals surface area contributed by atoms with Crippen LogP contribution in [0.2, 0.25) is 0 Å². The van der Waals surface area contributed by atoms with Gasteiger partial charge in [0.2, 0.25) is 5.95 Å². The summed E-state index contributed by atoms with van der Waals surface area (Å²) in [5.41, 5.74) is 3.53. The number of piperazine rings is 1. The summed E-state index contributed by atoms with van der Waals surface area (Å²) in [6.07, 6.45) is -4.66. The van der Waals surface area contributed by atoms with Crippen LogP contribution in [0.25, 0.3) is 11.3 Å². The Morgan fingerprint density at radius 3 is 2.12 bits per heavy atom. The Kier molecular flexibility index (Phi) is 9.21. The van der Waals surface area contributed by atoms with E-state index in [2.05, 4.69) is 36.8 Å². The van der Waals surface area contributed by atoms with E-state index in [1.165, 1.54) is 6.07 Å². The maximum absolute atomic E-state index is 14.3. The van der Waals surface area contributed by atoms with E-state index in [0.717, 1.165) is 43.2 Å². The van der Waals surface area contributed by atoms with Crippen LogP contribution < -0.4 is 15.5 Å². The Morgan fingerprint density at radius 1 is 0.976 bits per heavy atom. The molecule has 0 saturated carbocycles. The average Bonchev–Trinajstić information content (AvgIpc) is 3.46. The van der Waals surface area contributed by atoms with Gasteiger partial charge >= 0.3 is 24.3 Å². The third kappa shape index (κ3) is 8.16. The SMILES string of the molecule is Cc1cn2cc(Nc3nnc4cc(N5CCNCC5)ccn34)cc(F)c2n1.O=C(O)C(F)(F)F.O=C(O)C(F)(F)F. The smallest absolute Gasteiger partial charge is 0.475 e. The number of alkyl halides is 6. The normalized spacial score (nSPS) is 13.7. The van der Waals surface area contributed by atoms with Crippen molar-refractivity contribution in [3.05, 3.63) is 48.3 Å². The molecule has 1 fully saturated rings. The van der Waals surface area contributed by atoms with Crippen LogP contribution in [0.5, 0.6) is 0 Å². The van der Waals surface area contributed by atoms with Crippen molar-refractivity contribution in [3.8, 4) is 0 Å². The molecule has 41 heavy (non-hydrogen) atoms. The van der Waals surface area contributed by atoms with E-state index in [1.807, 2.05) is 23.6 Å². The van der Waals surface area contributed by atoms with E-state index in [-0.39, 0.29) is 5.82 Å². The number of hydrogen-bond donors (Lipinski definition) is 4. The lowest BCUT2D eigenvalue weighted by Crippen LogP contribution is -2.43. The number of pyridine rings is 2. The van der Waals surface area contributed by atoms with Gasteiger partial charge in [-0.1, -0.05) is 0 Å². The molecule has 0 aliphatic carbocycles. The number of fused-ring (bicyclic) bond motifs is 2. The minimum atomic E-state index is -5.08. The van der Waals surface area contributed by atoms with Crippen LogP contribution in [0.4, 0.5) is 48.1 Å². The number of carbonyl (C=O) groups is 2. The molecule has 0 spiro atoms. The lowest BCUT2D eigenvalue weighted by atomic mass is 10.3.